The highest BCUT2D eigenvalue weighted by molar-refractivity contribution is 7.99. The molecule has 7 aliphatic heterocycles. The minimum Gasteiger partial charge on any atom is -0.504 e. The number of ether oxygens (including phenoxy) is 7. The molecule has 0 aromatic heterocycles. The lowest BCUT2D eigenvalue weighted by molar-refractivity contribution is -0.189. The lowest BCUT2D eigenvalue weighted by Crippen LogP contribution is -2.69. The number of hydrogen-bond acceptors (Lipinski definition) is 16. The Morgan fingerprint density at radius 2 is 1.77 bits per heavy atom. The molecule has 0 radical (unpaired) electrons. The van der Waals surface area contributed by atoms with E-state index in [1.54, 1.807) is 6.92 Å². The number of thioether (sulfide) groups is 1. The molecule has 61 heavy (non-hydrogen) atoms. The van der Waals surface area contributed by atoms with Crippen molar-refractivity contribution in [3.05, 3.63) is 62.7 Å². The normalized spacial score (nSPS) is 27.4. The van der Waals surface area contributed by atoms with Crippen molar-refractivity contribution >= 4 is 29.7 Å². The number of likely N-dealkylation sites (N-methyl/N-ethyl adjacent to an activating group) is 1. The Morgan fingerprint density at radius 1 is 1.02 bits per heavy atom. The van der Waals surface area contributed by atoms with E-state index in [9.17, 15) is 37.9 Å². The highest BCUT2D eigenvalue weighted by Gasteiger charge is 2.62. The third-order valence-corrected chi connectivity index (χ3v) is 14.3. The summed E-state index contributed by atoms with van der Waals surface area (Å²) in [6.45, 7) is 4.61. The standard InChI is InChI=1S/C42H41F3N4O11S/c1-17-9-21-10-23-24(13-46)49-25-14-56-39(52)41(22-12-26(54-5)27(11-20(22)7-8-47-41)60-40(53)42(43,44)45)15-61-38(32(49)31(48(23)4)28(21)33(51)34(17)55-6)30-29(25)37-36(57-16-58-37)18(2)35(30)59-19(3)50/h9,11-12,23-25,31-32,38,47,51H,7-8,10,14-16H2,1-6H3/t23-,24-,25-,31-,32?,38+,41+/m0/s1. The molecule has 3 aromatic carbocycles. The number of aromatic hydroxyl groups is 1. The van der Waals surface area contributed by atoms with E-state index in [0.717, 1.165) is 11.1 Å². The van der Waals surface area contributed by atoms with Crippen molar-refractivity contribution in [2.24, 2.45) is 0 Å². The van der Waals surface area contributed by atoms with E-state index in [4.69, 9.17) is 33.2 Å². The Kier molecular flexibility index (Phi) is 9.81. The summed E-state index contributed by atoms with van der Waals surface area (Å²) in [7, 11) is 4.60. The number of piperazine rings is 1. The minimum atomic E-state index is -5.28. The van der Waals surface area contributed by atoms with Crippen molar-refractivity contribution in [2.45, 2.75) is 80.8 Å². The molecule has 0 saturated carbocycles. The number of nitriles is 1. The largest absolute Gasteiger partial charge is 0.504 e. The van der Waals surface area contributed by atoms with Crippen molar-refractivity contribution in [1.82, 2.24) is 15.1 Å². The molecule has 7 heterocycles. The molecule has 1 unspecified atom stereocenters. The van der Waals surface area contributed by atoms with Gasteiger partial charge in [0.25, 0.3) is 0 Å². The summed E-state index contributed by atoms with van der Waals surface area (Å²) in [5, 5.41) is 25.9. The number of methoxy groups -OCH3 is 2. The van der Waals surface area contributed by atoms with Gasteiger partial charge in [-0.15, -0.1) is 11.8 Å². The van der Waals surface area contributed by atoms with Crippen LogP contribution in [0, 0.1) is 25.2 Å². The third kappa shape index (κ3) is 6.00. The van der Waals surface area contributed by atoms with Crippen LogP contribution in [0.5, 0.6) is 40.2 Å². The SMILES string of the molecule is COc1cc2c(cc1OC(=O)C(F)(F)F)CCN[C@]21CS[C@@H]2c3c(OC(C)=O)c(C)c4c(c3[C@H](COC1=O)N1C2[C@@H]2c3c(cc(C)c(OC)c3O)C[C@@H]([C@@H]1C#N)N2C)OCO4. The Bertz CT molecular complexity index is 2460. The van der Waals surface area contributed by atoms with Crippen LogP contribution in [0.4, 0.5) is 13.2 Å². The van der Waals surface area contributed by atoms with Crippen LogP contribution in [0.25, 0.3) is 0 Å². The van der Waals surface area contributed by atoms with Crippen molar-refractivity contribution in [2.75, 3.05) is 47.0 Å². The molecule has 7 aliphatic rings. The van der Waals surface area contributed by atoms with Gasteiger partial charge >= 0.3 is 24.1 Å². The summed E-state index contributed by atoms with van der Waals surface area (Å²) in [5.41, 5.74) is 2.91. The molecule has 15 nitrogen and oxygen atoms in total. The van der Waals surface area contributed by atoms with Gasteiger partial charge < -0.3 is 38.3 Å². The molecule has 4 bridgehead atoms. The molecule has 10 rings (SSSR count). The van der Waals surface area contributed by atoms with Crippen LogP contribution in [-0.4, -0.2) is 104 Å². The molecule has 1 spiro atoms. The van der Waals surface area contributed by atoms with Crippen molar-refractivity contribution in [3.63, 3.8) is 0 Å². The number of carbonyl (C=O) groups excluding carboxylic acids is 3. The van der Waals surface area contributed by atoms with Crippen LogP contribution < -0.4 is 33.7 Å². The summed E-state index contributed by atoms with van der Waals surface area (Å²) in [6.07, 6.45) is -4.62. The summed E-state index contributed by atoms with van der Waals surface area (Å²) < 4.78 is 80.5. The summed E-state index contributed by atoms with van der Waals surface area (Å²) >= 11 is 1.32. The average Bonchev–Trinajstić information content (AvgIpc) is 3.70. The first-order chi connectivity index (χ1) is 29.1. The second-order valence-corrected chi connectivity index (χ2v) is 17.1. The maximum Gasteiger partial charge on any atom is 0.491 e. The van der Waals surface area contributed by atoms with Gasteiger partial charge in [-0.3, -0.25) is 19.9 Å². The smallest absolute Gasteiger partial charge is 0.491 e. The number of carbonyl (C=O) groups is 3. The molecule has 19 heteroatoms. The van der Waals surface area contributed by atoms with Gasteiger partial charge in [0.2, 0.25) is 6.79 Å². The average molecular weight is 867 g/mol. The number of esters is 3. The summed E-state index contributed by atoms with van der Waals surface area (Å²) in [5.74, 6) is -3.27. The first-order valence-electron chi connectivity index (χ1n) is 19.5. The molecule has 2 saturated heterocycles. The fraction of sp³-hybridized carbons (Fsp3) is 0.476. The van der Waals surface area contributed by atoms with Gasteiger partial charge in [-0.2, -0.15) is 18.4 Å². The quantitative estimate of drug-likeness (QED) is 0.271. The number of hydrogen-bond donors (Lipinski definition) is 2. The molecule has 0 aliphatic carbocycles. The van der Waals surface area contributed by atoms with Gasteiger partial charge in [-0.1, -0.05) is 6.07 Å². The number of phenolic OH excluding ortho intramolecular Hbond substituents is 1. The highest BCUT2D eigenvalue weighted by atomic mass is 32.2. The van der Waals surface area contributed by atoms with E-state index in [2.05, 4.69) is 21.2 Å². The van der Waals surface area contributed by atoms with Crippen LogP contribution in [0.15, 0.2) is 18.2 Å². The molecule has 2 N–H and O–H groups in total. The monoisotopic (exact) mass is 866 g/mol. The van der Waals surface area contributed by atoms with Gasteiger partial charge in [0.15, 0.2) is 40.0 Å². The number of fused-ring (bicyclic) bond motifs is 9. The number of rotatable bonds is 4. The van der Waals surface area contributed by atoms with E-state index in [0.29, 0.717) is 57.1 Å². The second-order valence-electron chi connectivity index (χ2n) is 16.0. The Labute approximate surface area is 351 Å². The number of benzene rings is 3. The molecule has 2 fully saturated rings. The lowest BCUT2D eigenvalue weighted by atomic mass is 9.71. The number of nitrogens with zero attached hydrogens (tertiary/aromatic N) is 3. The molecule has 0 amide bonds. The van der Waals surface area contributed by atoms with Gasteiger partial charge in [0.1, 0.15) is 18.4 Å². The van der Waals surface area contributed by atoms with Gasteiger partial charge in [0, 0.05) is 53.6 Å². The molecule has 3 aromatic rings. The number of aryl methyl sites for hydroxylation is 1. The predicted octanol–water partition coefficient (Wildman–Crippen LogP) is 4.75. The third-order valence-electron chi connectivity index (χ3n) is 12.9. The lowest BCUT2D eigenvalue weighted by Gasteiger charge is -2.62. The van der Waals surface area contributed by atoms with Gasteiger partial charge in [-0.05, 0) is 68.1 Å². The summed E-state index contributed by atoms with van der Waals surface area (Å²) in [6, 6.07) is 3.89. The van der Waals surface area contributed by atoms with Crippen LogP contribution in [0.2, 0.25) is 0 Å². The highest BCUT2D eigenvalue weighted by Crippen LogP contribution is 2.64. The predicted molar refractivity (Wildman–Crippen MR) is 208 cm³/mol. The van der Waals surface area contributed by atoms with E-state index in [1.165, 1.54) is 45.0 Å². The number of nitrogens with one attached hydrogen (secondary N) is 1. The van der Waals surface area contributed by atoms with E-state index in [-0.39, 0.29) is 55.4 Å². The van der Waals surface area contributed by atoms with Crippen molar-refractivity contribution < 1.29 is 65.8 Å². The molecular weight excluding hydrogens is 826 g/mol. The van der Waals surface area contributed by atoms with E-state index >= 15 is 0 Å². The maximum absolute atomic E-state index is 14.9. The second kappa shape index (κ2) is 14.6. The fourth-order valence-electron chi connectivity index (χ4n) is 10.4. The topological polar surface area (TPSA) is 178 Å². The van der Waals surface area contributed by atoms with Crippen LogP contribution in [-0.2, 0) is 37.5 Å². The first-order valence-corrected chi connectivity index (χ1v) is 20.6. The van der Waals surface area contributed by atoms with Crippen molar-refractivity contribution in [3.8, 4) is 46.3 Å². The summed E-state index contributed by atoms with van der Waals surface area (Å²) in [4.78, 5) is 44.0. The molecular formula is C42H41F3N4O11S. The number of alkyl halides is 3. The maximum atomic E-state index is 14.9. The Balaban J connectivity index is 1.29. The Morgan fingerprint density at radius 3 is 2.46 bits per heavy atom. The van der Waals surface area contributed by atoms with Crippen LogP contribution in [0.1, 0.15) is 68.8 Å². The molecule has 322 valence electrons. The van der Waals surface area contributed by atoms with E-state index < -0.39 is 64.8 Å². The molecule has 7 atom stereocenters. The number of phenols is 1. The zero-order valence-corrected chi connectivity index (χ0v) is 34.7. The van der Waals surface area contributed by atoms with Gasteiger partial charge in [0.05, 0.1) is 37.6 Å². The van der Waals surface area contributed by atoms with E-state index in [1.807, 2.05) is 20.0 Å². The minimum absolute atomic E-state index is 0.0386. The zero-order valence-electron chi connectivity index (χ0n) is 33.9. The fourth-order valence-corrected chi connectivity index (χ4v) is 12.1. The Hall–Kier alpha value is -5.42. The zero-order chi connectivity index (χ0) is 43.4. The first kappa shape index (κ1) is 41.0. The van der Waals surface area contributed by atoms with Crippen LogP contribution in [0.3, 0.4) is 0 Å². The van der Waals surface area contributed by atoms with Crippen LogP contribution >= 0.6 is 11.8 Å². The van der Waals surface area contributed by atoms with Crippen molar-refractivity contribution in [1.29, 1.82) is 5.26 Å². The van der Waals surface area contributed by atoms with Gasteiger partial charge in [-0.25, -0.2) is 9.59 Å². The number of halogens is 3.